The number of carbonyl (C=O) groups is 2. The number of nitrogens with one attached hydrogen (secondary N) is 1. The Bertz CT molecular complexity index is 836. The van der Waals surface area contributed by atoms with Gasteiger partial charge in [-0.05, 0) is 44.9 Å². The standard InChI is InChI=1S/C17H20N2O4S/c1-5-23-17(22)15-11(3)12(4)24-16(15)18-13(20)9-19-7-6-10(2)8-14(19)21/h6-8H,5,9H2,1-4H3,(H,18,20). The van der Waals surface area contributed by atoms with Crippen LogP contribution in [0.4, 0.5) is 5.00 Å². The van der Waals surface area contributed by atoms with Gasteiger partial charge in [-0.25, -0.2) is 4.79 Å². The fourth-order valence-corrected chi connectivity index (χ4v) is 3.29. The molecule has 0 saturated carbocycles. The second kappa shape index (κ2) is 7.44. The van der Waals surface area contributed by atoms with E-state index in [0.29, 0.717) is 10.6 Å². The van der Waals surface area contributed by atoms with Crippen molar-refractivity contribution in [3.8, 4) is 0 Å². The lowest BCUT2D eigenvalue weighted by Crippen LogP contribution is -2.27. The van der Waals surface area contributed by atoms with E-state index in [0.717, 1.165) is 16.0 Å². The normalized spacial score (nSPS) is 10.5. The highest BCUT2D eigenvalue weighted by molar-refractivity contribution is 7.16. The van der Waals surface area contributed by atoms with E-state index in [1.165, 1.54) is 22.0 Å². The Kier molecular flexibility index (Phi) is 5.56. The highest BCUT2D eigenvalue weighted by Crippen LogP contribution is 2.33. The van der Waals surface area contributed by atoms with Crippen LogP contribution in [0.2, 0.25) is 0 Å². The summed E-state index contributed by atoms with van der Waals surface area (Å²) in [6, 6.07) is 3.23. The zero-order valence-corrected chi connectivity index (χ0v) is 15.0. The Balaban J connectivity index is 2.21. The molecule has 1 N–H and O–H groups in total. The first-order chi connectivity index (χ1) is 11.3. The molecule has 0 aromatic carbocycles. The molecule has 2 aromatic heterocycles. The van der Waals surface area contributed by atoms with Gasteiger partial charge in [-0.15, -0.1) is 11.3 Å². The van der Waals surface area contributed by atoms with Crippen molar-refractivity contribution < 1.29 is 14.3 Å². The molecule has 0 radical (unpaired) electrons. The maximum Gasteiger partial charge on any atom is 0.341 e. The Labute approximate surface area is 144 Å². The molecule has 0 fully saturated rings. The second-order valence-corrected chi connectivity index (χ2v) is 6.65. The minimum atomic E-state index is -0.456. The lowest BCUT2D eigenvalue weighted by molar-refractivity contribution is -0.116. The van der Waals surface area contributed by atoms with Crippen molar-refractivity contribution in [1.29, 1.82) is 0 Å². The number of nitrogens with zero attached hydrogens (tertiary/aromatic N) is 1. The number of thiophene rings is 1. The van der Waals surface area contributed by atoms with E-state index >= 15 is 0 Å². The Morgan fingerprint density at radius 1 is 1.29 bits per heavy atom. The van der Waals surface area contributed by atoms with E-state index in [1.807, 2.05) is 20.8 Å². The van der Waals surface area contributed by atoms with Crippen LogP contribution in [0, 0.1) is 20.8 Å². The van der Waals surface area contributed by atoms with Crippen LogP contribution in [0.1, 0.15) is 33.3 Å². The molecular formula is C17H20N2O4S. The van der Waals surface area contributed by atoms with Gasteiger partial charge in [0.05, 0.1) is 12.2 Å². The van der Waals surface area contributed by atoms with E-state index in [4.69, 9.17) is 4.74 Å². The minimum absolute atomic E-state index is 0.114. The summed E-state index contributed by atoms with van der Waals surface area (Å²) < 4.78 is 6.38. The molecule has 6 nitrogen and oxygen atoms in total. The maximum absolute atomic E-state index is 12.3. The monoisotopic (exact) mass is 348 g/mol. The number of carbonyl (C=O) groups excluding carboxylic acids is 2. The van der Waals surface area contributed by atoms with Crippen molar-refractivity contribution in [2.45, 2.75) is 34.2 Å². The van der Waals surface area contributed by atoms with Gasteiger partial charge in [0.25, 0.3) is 5.56 Å². The van der Waals surface area contributed by atoms with Gasteiger partial charge < -0.3 is 14.6 Å². The van der Waals surface area contributed by atoms with Crippen molar-refractivity contribution in [2.75, 3.05) is 11.9 Å². The number of aryl methyl sites for hydroxylation is 2. The molecule has 0 unspecified atom stereocenters. The molecule has 0 spiro atoms. The van der Waals surface area contributed by atoms with Crippen LogP contribution in [0.3, 0.4) is 0 Å². The quantitative estimate of drug-likeness (QED) is 0.843. The zero-order chi connectivity index (χ0) is 17.9. The maximum atomic E-state index is 12.3. The number of amides is 1. The van der Waals surface area contributed by atoms with E-state index < -0.39 is 5.97 Å². The number of anilines is 1. The van der Waals surface area contributed by atoms with Crippen LogP contribution >= 0.6 is 11.3 Å². The summed E-state index contributed by atoms with van der Waals surface area (Å²) in [5.41, 5.74) is 1.77. The molecule has 0 saturated heterocycles. The van der Waals surface area contributed by atoms with Gasteiger partial charge in [-0.3, -0.25) is 9.59 Å². The van der Waals surface area contributed by atoms with Crippen LogP contribution in [-0.2, 0) is 16.1 Å². The molecular weight excluding hydrogens is 328 g/mol. The molecule has 24 heavy (non-hydrogen) atoms. The van der Waals surface area contributed by atoms with Crippen LogP contribution < -0.4 is 10.9 Å². The summed E-state index contributed by atoms with van der Waals surface area (Å²) >= 11 is 1.32. The average molecular weight is 348 g/mol. The second-order valence-electron chi connectivity index (χ2n) is 5.43. The van der Waals surface area contributed by atoms with Crippen LogP contribution in [0.15, 0.2) is 23.1 Å². The molecule has 1 amide bonds. The molecule has 128 valence electrons. The summed E-state index contributed by atoms with van der Waals surface area (Å²) in [6.07, 6.45) is 1.58. The Morgan fingerprint density at radius 2 is 2.00 bits per heavy atom. The summed E-state index contributed by atoms with van der Waals surface area (Å²) in [4.78, 5) is 37.2. The van der Waals surface area contributed by atoms with E-state index in [9.17, 15) is 14.4 Å². The number of aromatic nitrogens is 1. The SMILES string of the molecule is CCOC(=O)c1c(NC(=O)Cn2ccc(C)cc2=O)sc(C)c1C. The molecule has 0 bridgehead atoms. The Hall–Kier alpha value is -2.41. The van der Waals surface area contributed by atoms with Crippen molar-refractivity contribution in [2.24, 2.45) is 0 Å². The molecule has 0 aliphatic rings. The Morgan fingerprint density at radius 3 is 2.62 bits per heavy atom. The van der Waals surface area contributed by atoms with Gasteiger partial charge in [-0.1, -0.05) is 0 Å². The van der Waals surface area contributed by atoms with Crippen molar-refractivity contribution in [3.63, 3.8) is 0 Å². The smallest absolute Gasteiger partial charge is 0.341 e. The first-order valence-corrected chi connectivity index (χ1v) is 8.39. The zero-order valence-electron chi connectivity index (χ0n) is 14.1. The third-order valence-electron chi connectivity index (χ3n) is 3.58. The number of hydrogen-bond donors (Lipinski definition) is 1. The van der Waals surface area contributed by atoms with E-state index in [-0.39, 0.29) is 24.6 Å². The van der Waals surface area contributed by atoms with Crippen LogP contribution in [0.25, 0.3) is 0 Å². The number of ether oxygens (including phenoxy) is 1. The van der Waals surface area contributed by atoms with Gasteiger partial charge in [0.15, 0.2) is 0 Å². The van der Waals surface area contributed by atoms with Gasteiger partial charge in [0.1, 0.15) is 11.5 Å². The summed E-state index contributed by atoms with van der Waals surface area (Å²) in [6.45, 7) is 7.39. The third kappa shape index (κ3) is 3.91. The summed E-state index contributed by atoms with van der Waals surface area (Å²) in [5.74, 6) is -0.824. The fourth-order valence-electron chi connectivity index (χ4n) is 2.22. The molecule has 0 aliphatic heterocycles. The number of pyridine rings is 1. The molecule has 2 rings (SSSR count). The predicted molar refractivity (Wildman–Crippen MR) is 93.8 cm³/mol. The number of rotatable bonds is 5. The number of esters is 1. The van der Waals surface area contributed by atoms with Crippen molar-refractivity contribution in [3.05, 3.63) is 50.3 Å². The van der Waals surface area contributed by atoms with Gasteiger partial charge >= 0.3 is 5.97 Å². The first kappa shape index (κ1) is 17.9. The predicted octanol–water partition coefficient (Wildman–Crippen LogP) is 2.65. The van der Waals surface area contributed by atoms with E-state index in [2.05, 4.69) is 5.32 Å². The fraction of sp³-hybridized carbons (Fsp3) is 0.353. The topological polar surface area (TPSA) is 77.4 Å². The van der Waals surface area contributed by atoms with Crippen molar-refractivity contribution in [1.82, 2.24) is 4.57 Å². The third-order valence-corrected chi connectivity index (χ3v) is 4.71. The molecule has 2 heterocycles. The summed E-state index contributed by atoms with van der Waals surface area (Å²) in [7, 11) is 0. The lowest BCUT2D eigenvalue weighted by Gasteiger charge is -2.08. The highest BCUT2D eigenvalue weighted by Gasteiger charge is 2.22. The van der Waals surface area contributed by atoms with Gasteiger partial charge in [0.2, 0.25) is 5.91 Å². The molecule has 0 aliphatic carbocycles. The minimum Gasteiger partial charge on any atom is -0.462 e. The van der Waals surface area contributed by atoms with Crippen molar-refractivity contribution >= 4 is 28.2 Å². The molecule has 0 atom stereocenters. The van der Waals surface area contributed by atoms with Gasteiger partial charge in [-0.2, -0.15) is 0 Å². The lowest BCUT2D eigenvalue weighted by atomic mass is 10.1. The van der Waals surface area contributed by atoms with Crippen LogP contribution in [-0.4, -0.2) is 23.1 Å². The van der Waals surface area contributed by atoms with Gasteiger partial charge in [0, 0.05) is 17.1 Å². The molecule has 7 heteroatoms. The largest absolute Gasteiger partial charge is 0.462 e. The first-order valence-electron chi connectivity index (χ1n) is 7.57. The van der Waals surface area contributed by atoms with Crippen LogP contribution in [0.5, 0.6) is 0 Å². The number of hydrogen-bond acceptors (Lipinski definition) is 5. The highest BCUT2D eigenvalue weighted by atomic mass is 32.1. The summed E-state index contributed by atoms with van der Waals surface area (Å²) in [5, 5.41) is 3.17. The molecule has 2 aromatic rings. The average Bonchev–Trinajstić information content (AvgIpc) is 2.77. The van der Waals surface area contributed by atoms with E-state index in [1.54, 1.807) is 19.2 Å².